The van der Waals surface area contributed by atoms with Gasteiger partial charge in [-0.3, -0.25) is 19.2 Å². The number of carbonyl (C=O) groups is 2. The lowest BCUT2D eigenvalue weighted by atomic mass is 9.89. The summed E-state index contributed by atoms with van der Waals surface area (Å²) in [4.78, 5) is 67.9. The molecule has 4 aromatic carbocycles. The number of rotatable bonds is 12. The molecule has 0 bridgehead atoms. The minimum atomic E-state index is -0.377. The SMILES string of the molecule is CN(C)CCCOc1nc2ccc(Cl)cc2c(N2CCN(C(=O)c3ccc(F)cc3)CC2)c1C#N.Cn1c(=O)c(C#N)c(N2CCNCC2)c2ccccc21.N#Cc1c(N2CCN(C(=O)c3ccco3)CC2)c2ccccc2n(CC2CCCCC2)c1=O. The van der Waals surface area contributed by atoms with E-state index in [1.807, 2.05) is 79.3 Å². The molecule has 19 nitrogen and oxygen atoms in total. The predicted molar refractivity (Wildman–Crippen MR) is 340 cm³/mol. The van der Waals surface area contributed by atoms with Crippen molar-refractivity contribution in [3.05, 3.63) is 169 Å². The summed E-state index contributed by atoms with van der Waals surface area (Å²) in [5.74, 6) is 0.468. The summed E-state index contributed by atoms with van der Waals surface area (Å²) in [7, 11) is 5.71. The summed E-state index contributed by atoms with van der Waals surface area (Å²) >= 11 is 6.30. The zero-order valence-electron chi connectivity index (χ0n) is 49.9. The highest BCUT2D eigenvalue weighted by Crippen LogP contribution is 2.38. The first-order valence-corrected chi connectivity index (χ1v) is 30.4. The van der Waals surface area contributed by atoms with E-state index in [0.29, 0.717) is 110 Å². The molecule has 4 fully saturated rings. The van der Waals surface area contributed by atoms with Crippen LogP contribution in [0.2, 0.25) is 5.02 Å². The summed E-state index contributed by atoms with van der Waals surface area (Å²) in [6.45, 7) is 9.42. The van der Waals surface area contributed by atoms with Crippen molar-refractivity contribution in [1.29, 1.82) is 15.8 Å². The highest BCUT2D eigenvalue weighted by atomic mass is 35.5. The van der Waals surface area contributed by atoms with E-state index in [1.165, 1.54) is 49.8 Å². The number of hydrogen-bond donors (Lipinski definition) is 1. The number of nitrogens with one attached hydrogen (secondary N) is 1. The maximum atomic E-state index is 13.5. The van der Waals surface area contributed by atoms with E-state index >= 15 is 0 Å². The first kappa shape index (κ1) is 61.8. The molecule has 4 aromatic heterocycles. The van der Waals surface area contributed by atoms with Crippen LogP contribution in [0.25, 0.3) is 32.7 Å². The molecule has 88 heavy (non-hydrogen) atoms. The Morgan fingerprint density at radius 3 is 1.85 bits per heavy atom. The van der Waals surface area contributed by atoms with Crippen LogP contribution in [0.15, 0.2) is 123 Å². The number of aryl methyl sites for hydroxylation is 1. The molecule has 3 saturated heterocycles. The van der Waals surface area contributed by atoms with Crippen LogP contribution < -0.4 is 35.9 Å². The second-order valence-corrected chi connectivity index (χ2v) is 23.1. The van der Waals surface area contributed by atoms with Gasteiger partial charge in [0.15, 0.2) is 5.76 Å². The van der Waals surface area contributed by atoms with E-state index in [1.54, 1.807) is 39.6 Å². The number of amides is 2. The highest BCUT2D eigenvalue weighted by molar-refractivity contribution is 6.31. The molecule has 3 aliphatic heterocycles. The topological polar surface area (TPSA) is 216 Å². The first-order valence-electron chi connectivity index (χ1n) is 30.0. The zero-order valence-corrected chi connectivity index (χ0v) is 50.6. The van der Waals surface area contributed by atoms with Gasteiger partial charge in [-0.1, -0.05) is 67.3 Å². The lowest BCUT2D eigenvalue weighted by Gasteiger charge is -2.37. The number of piperazine rings is 3. The summed E-state index contributed by atoms with van der Waals surface area (Å²) < 4.78 is 27.8. The molecular formula is C67H71ClFN13O6. The number of fused-ring (bicyclic) bond motifs is 3. The van der Waals surface area contributed by atoms with Crippen molar-refractivity contribution in [3.63, 3.8) is 0 Å². The van der Waals surface area contributed by atoms with Gasteiger partial charge in [0.2, 0.25) is 5.88 Å². The van der Waals surface area contributed by atoms with Crippen LogP contribution in [-0.4, -0.2) is 146 Å². The van der Waals surface area contributed by atoms with Crippen LogP contribution in [0, 0.1) is 45.7 Å². The molecule has 4 aliphatic rings. The van der Waals surface area contributed by atoms with Gasteiger partial charge in [-0.25, -0.2) is 9.37 Å². The quantitative estimate of drug-likeness (QED) is 0.113. The van der Waals surface area contributed by atoms with Crippen LogP contribution in [0.3, 0.4) is 0 Å². The molecule has 0 radical (unpaired) electrons. The maximum Gasteiger partial charge on any atom is 0.289 e. The Morgan fingerprint density at radius 1 is 0.682 bits per heavy atom. The van der Waals surface area contributed by atoms with Gasteiger partial charge in [-0.2, -0.15) is 15.8 Å². The third kappa shape index (κ3) is 13.6. The molecule has 1 aliphatic carbocycles. The van der Waals surface area contributed by atoms with Crippen molar-refractivity contribution in [2.45, 2.75) is 45.1 Å². The molecule has 1 saturated carbocycles. The number of ether oxygens (including phenoxy) is 1. The van der Waals surface area contributed by atoms with Crippen molar-refractivity contribution in [2.24, 2.45) is 13.0 Å². The monoisotopic (exact) mass is 1210 g/mol. The molecule has 21 heteroatoms. The standard InChI is InChI=1S/C26H27ClFN5O2.C26H28N4O3.C15H16N4O/c1-31(2)10-3-15-35-25-22(17-29)24(21-16-19(27)6-9-23(21)30-25)32-11-13-33(14-12-32)26(34)18-4-7-20(28)8-5-18;27-17-21-24(28-12-14-29(15-13-28)26(32)23-11-6-16-33-23)20-9-4-5-10-22(20)30(25(21)31)18-19-7-2-1-3-8-19;1-18-13-5-3-2-4-11(13)14(12(10-16)15(18)20)19-8-6-17-7-9-19/h4-9,16H,3,10-15H2,1-2H3;4-6,9-11,16,19H,1-3,7-8,12-15,18H2;2-5,17H,6-9H2,1H3. The molecule has 2 amide bonds. The summed E-state index contributed by atoms with van der Waals surface area (Å²) in [5.41, 5.74) is 5.48. The van der Waals surface area contributed by atoms with Gasteiger partial charge in [0, 0.05) is 125 Å². The van der Waals surface area contributed by atoms with Crippen LogP contribution in [-0.2, 0) is 13.6 Å². The number of halogens is 2. The Bertz CT molecular complexity index is 4070. The third-order valence-electron chi connectivity index (χ3n) is 16.8. The number of pyridine rings is 3. The number of aromatic nitrogens is 3. The van der Waals surface area contributed by atoms with E-state index < -0.39 is 0 Å². The fourth-order valence-electron chi connectivity index (χ4n) is 12.3. The number of para-hydroxylation sites is 2. The minimum Gasteiger partial charge on any atom is -0.477 e. The number of nitrogens with zero attached hydrogens (tertiary/aromatic N) is 12. The van der Waals surface area contributed by atoms with Crippen LogP contribution in [0.5, 0.6) is 5.88 Å². The molecule has 0 atom stereocenters. The Kier molecular flexibility index (Phi) is 20.0. The predicted octanol–water partition coefficient (Wildman–Crippen LogP) is 9.02. The maximum absolute atomic E-state index is 13.5. The number of furan rings is 1. The van der Waals surface area contributed by atoms with E-state index in [0.717, 1.165) is 90.6 Å². The van der Waals surface area contributed by atoms with Crippen LogP contribution >= 0.6 is 11.6 Å². The summed E-state index contributed by atoms with van der Waals surface area (Å²) in [6, 6.07) is 36.6. The van der Waals surface area contributed by atoms with Gasteiger partial charge in [-0.05, 0) is 106 Å². The molecule has 1 N–H and O–H groups in total. The second-order valence-electron chi connectivity index (χ2n) is 22.7. The average Bonchev–Trinajstić information content (AvgIpc) is 2.49. The van der Waals surface area contributed by atoms with E-state index in [2.05, 4.69) is 48.1 Å². The van der Waals surface area contributed by atoms with Crippen LogP contribution in [0.1, 0.15) is 76.1 Å². The molecule has 0 unspecified atom stereocenters. The molecule has 7 heterocycles. The third-order valence-corrected chi connectivity index (χ3v) is 17.1. The largest absolute Gasteiger partial charge is 0.477 e. The van der Waals surface area contributed by atoms with Crippen molar-refractivity contribution >= 4 is 73.2 Å². The normalized spacial score (nSPS) is 15.5. The molecule has 454 valence electrons. The summed E-state index contributed by atoms with van der Waals surface area (Å²) in [5, 5.41) is 36.0. The Balaban J connectivity index is 0.000000151. The van der Waals surface area contributed by atoms with Crippen molar-refractivity contribution < 1.29 is 23.1 Å². The number of carbonyl (C=O) groups excluding carboxylic acids is 2. The van der Waals surface area contributed by atoms with Gasteiger partial charge < -0.3 is 53.0 Å². The van der Waals surface area contributed by atoms with E-state index in [-0.39, 0.29) is 39.9 Å². The average molecular weight is 1210 g/mol. The fraction of sp³-hybridized carbons (Fsp3) is 0.373. The molecule has 12 rings (SSSR count). The lowest BCUT2D eigenvalue weighted by Crippen LogP contribution is -2.49. The van der Waals surface area contributed by atoms with Gasteiger partial charge in [0.25, 0.3) is 22.9 Å². The van der Waals surface area contributed by atoms with E-state index in [9.17, 15) is 39.4 Å². The Morgan fingerprint density at radius 2 is 1.25 bits per heavy atom. The highest BCUT2D eigenvalue weighted by Gasteiger charge is 2.31. The van der Waals surface area contributed by atoms with Crippen LogP contribution in [0.4, 0.5) is 21.5 Å². The Hall–Kier alpha value is -9.26. The van der Waals surface area contributed by atoms with E-state index in [4.69, 9.17) is 20.8 Å². The number of hydrogen-bond acceptors (Lipinski definition) is 15. The summed E-state index contributed by atoms with van der Waals surface area (Å²) in [6.07, 6.45) is 8.26. The minimum absolute atomic E-state index is 0.132. The van der Waals surface area contributed by atoms with Gasteiger partial charge in [0.1, 0.15) is 40.7 Å². The lowest BCUT2D eigenvalue weighted by molar-refractivity contribution is 0.0713. The number of anilines is 3. The fourth-order valence-corrected chi connectivity index (χ4v) is 12.5. The molecular weight excluding hydrogens is 1140 g/mol. The first-order chi connectivity index (χ1) is 42.8. The van der Waals surface area contributed by atoms with Gasteiger partial charge in [-0.15, -0.1) is 0 Å². The number of nitriles is 3. The zero-order chi connectivity index (χ0) is 61.8. The van der Waals surface area contributed by atoms with Gasteiger partial charge in [0.05, 0.1) is 46.5 Å². The Labute approximate surface area is 515 Å². The molecule has 0 spiro atoms. The van der Waals surface area contributed by atoms with Crippen molar-refractivity contribution in [1.82, 2.24) is 34.1 Å². The van der Waals surface area contributed by atoms with Crippen molar-refractivity contribution in [3.8, 4) is 24.1 Å². The van der Waals surface area contributed by atoms with Gasteiger partial charge >= 0.3 is 0 Å². The number of benzene rings is 4. The second kappa shape index (κ2) is 28.5. The smallest absolute Gasteiger partial charge is 0.289 e. The van der Waals surface area contributed by atoms with Crippen molar-refractivity contribution in [2.75, 3.05) is 120 Å². The molecule has 8 aromatic rings.